The maximum atomic E-state index is 9.57. The van der Waals surface area contributed by atoms with E-state index in [4.69, 9.17) is 4.74 Å². The summed E-state index contributed by atoms with van der Waals surface area (Å²) >= 11 is 3.24. The van der Waals surface area contributed by atoms with Crippen LogP contribution >= 0.6 is 15.9 Å². The van der Waals surface area contributed by atoms with Crippen molar-refractivity contribution in [2.75, 3.05) is 13.2 Å². The van der Waals surface area contributed by atoms with Crippen LogP contribution in [0.4, 0.5) is 0 Å². The molecule has 13 heavy (non-hydrogen) atoms. The van der Waals surface area contributed by atoms with Crippen LogP contribution in [0.2, 0.25) is 0 Å². The number of hydrogen-bond acceptors (Lipinski definition) is 3. The molecule has 1 rings (SSSR count). The molecule has 1 heterocycles. The van der Waals surface area contributed by atoms with Crippen molar-refractivity contribution in [3.8, 4) is 0 Å². The maximum Gasteiger partial charge on any atom is 0.119 e. The minimum absolute atomic E-state index is 0.292. The van der Waals surface area contributed by atoms with E-state index in [1.54, 1.807) is 6.07 Å². The second-order valence-corrected chi connectivity index (χ2v) is 3.37. The van der Waals surface area contributed by atoms with Crippen LogP contribution in [0.1, 0.15) is 18.7 Å². The van der Waals surface area contributed by atoms with Gasteiger partial charge in [0, 0.05) is 6.61 Å². The molecule has 3 nitrogen and oxygen atoms in total. The van der Waals surface area contributed by atoms with Crippen LogP contribution in [0, 0.1) is 0 Å². The van der Waals surface area contributed by atoms with Gasteiger partial charge in [0.1, 0.15) is 10.7 Å². The van der Waals surface area contributed by atoms with Crippen LogP contribution < -0.4 is 0 Å². The Morgan fingerprint density at radius 1 is 1.62 bits per heavy atom. The summed E-state index contributed by atoms with van der Waals surface area (Å²) in [7, 11) is 0. The molecule has 0 aromatic carbocycles. The first-order valence-electron chi connectivity index (χ1n) is 4.12. The zero-order chi connectivity index (χ0) is 9.68. The lowest BCUT2D eigenvalue weighted by Crippen LogP contribution is -2.08. The molecule has 0 fully saturated rings. The van der Waals surface area contributed by atoms with Gasteiger partial charge in [-0.1, -0.05) is 6.07 Å². The first-order valence-corrected chi connectivity index (χ1v) is 4.91. The van der Waals surface area contributed by atoms with Gasteiger partial charge in [0.2, 0.25) is 0 Å². The van der Waals surface area contributed by atoms with Crippen molar-refractivity contribution >= 4 is 15.9 Å². The number of ether oxygens (including phenoxy) is 1. The van der Waals surface area contributed by atoms with Crippen molar-refractivity contribution in [3.05, 3.63) is 28.5 Å². The van der Waals surface area contributed by atoms with Gasteiger partial charge in [-0.2, -0.15) is 0 Å². The van der Waals surface area contributed by atoms with Crippen LogP contribution in [-0.2, 0) is 4.74 Å². The number of hydrogen-bond donors (Lipinski definition) is 1. The molecule has 4 heteroatoms. The molecule has 0 aliphatic heterocycles. The van der Waals surface area contributed by atoms with E-state index in [0.29, 0.717) is 18.9 Å². The molecule has 0 saturated heterocycles. The Balaban J connectivity index is 2.60. The summed E-state index contributed by atoms with van der Waals surface area (Å²) in [6.07, 6.45) is -0.641. The SMILES string of the molecule is CCOC[C@@H](O)c1cccc(Br)n1. The van der Waals surface area contributed by atoms with Gasteiger partial charge in [-0.25, -0.2) is 4.98 Å². The smallest absolute Gasteiger partial charge is 0.119 e. The average molecular weight is 246 g/mol. The van der Waals surface area contributed by atoms with Gasteiger partial charge >= 0.3 is 0 Å². The summed E-state index contributed by atoms with van der Waals surface area (Å²) in [6, 6.07) is 5.42. The third-order valence-electron chi connectivity index (χ3n) is 1.56. The van der Waals surface area contributed by atoms with Gasteiger partial charge in [0.25, 0.3) is 0 Å². The van der Waals surface area contributed by atoms with E-state index in [9.17, 15) is 5.11 Å². The van der Waals surface area contributed by atoms with Crippen LogP contribution in [0.15, 0.2) is 22.8 Å². The van der Waals surface area contributed by atoms with Crippen molar-refractivity contribution in [1.29, 1.82) is 0 Å². The Labute approximate surface area is 85.9 Å². The number of pyridine rings is 1. The van der Waals surface area contributed by atoms with Gasteiger partial charge in [0.05, 0.1) is 12.3 Å². The Kier molecular flexibility index (Phi) is 4.35. The fraction of sp³-hybridized carbons (Fsp3) is 0.444. The quantitative estimate of drug-likeness (QED) is 0.825. The summed E-state index contributed by atoms with van der Waals surface area (Å²) in [5.41, 5.74) is 0.628. The van der Waals surface area contributed by atoms with E-state index in [-0.39, 0.29) is 0 Å². The van der Waals surface area contributed by atoms with Crippen LogP contribution in [-0.4, -0.2) is 23.3 Å². The van der Waals surface area contributed by atoms with E-state index in [2.05, 4.69) is 20.9 Å². The molecule has 1 aromatic heterocycles. The first kappa shape index (κ1) is 10.6. The second kappa shape index (κ2) is 5.32. The highest BCUT2D eigenvalue weighted by Gasteiger charge is 2.08. The third kappa shape index (κ3) is 3.42. The topological polar surface area (TPSA) is 42.4 Å². The van der Waals surface area contributed by atoms with Gasteiger partial charge in [-0.15, -0.1) is 0 Å². The zero-order valence-electron chi connectivity index (χ0n) is 7.40. The summed E-state index contributed by atoms with van der Waals surface area (Å²) in [5.74, 6) is 0. The molecule has 0 radical (unpaired) electrons. The molecular formula is C9H12BrNO2. The summed E-state index contributed by atoms with van der Waals surface area (Å²) in [4.78, 5) is 4.11. The number of rotatable bonds is 4. The first-order chi connectivity index (χ1) is 6.24. The normalized spacial score (nSPS) is 12.8. The van der Waals surface area contributed by atoms with Crippen molar-refractivity contribution < 1.29 is 9.84 Å². The Morgan fingerprint density at radius 2 is 2.38 bits per heavy atom. The number of aliphatic hydroxyl groups is 1. The summed E-state index contributed by atoms with van der Waals surface area (Å²) in [6.45, 7) is 2.78. The number of aromatic nitrogens is 1. The Bertz CT molecular complexity index is 268. The fourth-order valence-electron chi connectivity index (χ4n) is 0.924. The highest BCUT2D eigenvalue weighted by atomic mass is 79.9. The van der Waals surface area contributed by atoms with Crippen molar-refractivity contribution in [3.63, 3.8) is 0 Å². The molecule has 1 N–H and O–H groups in total. The second-order valence-electron chi connectivity index (χ2n) is 2.56. The highest BCUT2D eigenvalue weighted by molar-refractivity contribution is 9.10. The predicted octanol–water partition coefficient (Wildman–Crippen LogP) is 1.91. The molecule has 0 saturated carbocycles. The Hall–Kier alpha value is -0.450. The molecule has 0 spiro atoms. The molecule has 1 atom stereocenters. The van der Waals surface area contributed by atoms with Crippen molar-refractivity contribution in [2.45, 2.75) is 13.0 Å². The number of nitrogens with zero attached hydrogens (tertiary/aromatic N) is 1. The standard InChI is InChI=1S/C9H12BrNO2/c1-2-13-6-8(12)7-4-3-5-9(10)11-7/h3-5,8,12H,2,6H2,1H3/t8-/m1/s1. The Morgan fingerprint density at radius 3 is 3.00 bits per heavy atom. The van der Waals surface area contributed by atoms with E-state index in [1.807, 2.05) is 19.1 Å². The highest BCUT2D eigenvalue weighted by Crippen LogP contribution is 2.13. The van der Waals surface area contributed by atoms with E-state index < -0.39 is 6.10 Å². The van der Waals surface area contributed by atoms with Gasteiger partial charge in [0.15, 0.2) is 0 Å². The minimum Gasteiger partial charge on any atom is -0.384 e. The summed E-state index contributed by atoms with van der Waals surface area (Å²) in [5, 5.41) is 9.57. The molecule has 0 aliphatic carbocycles. The molecule has 0 bridgehead atoms. The average Bonchev–Trinajstić information content (AvgIpc) is 2.14. The molecule has 0 aliphatic rings. The lowest BCUT2D eigenvalue weighted by Gasteiger charge is -2.09. The molecule has 1 aromatic rings. The lowest BCUT2D eigenvalue weighted by atomic mass is 10.2. The molecule has 0 amide bonds. The van der Waals surface area contributed by atoms with E-state index >= 15 is 0 Å². The van der Waals surface area contributed by atoms with Crippen LogP contribution in [0.25, 0.3) is 0 Å². The largest absolute Gasteiger partial charge is 0.384 e. The van der Waals surface area contributed by atoms with Gasteiger partial charge < -0.3 is 9.84 Å². The lowest BCUT2D eigenvalue weighted by molar-refractivity contribution is 0.0397. The third-order valence-corrected chi connectivity index (χ3v) is 2.00. The maximum absolute atomic E-state index is 9.57. The van der Waals surface area contributed by atoms with Crippen molar-refractivity contribution in [2.24, 2.45) is 0 Å². The predicted molar refractivity (Wildman–Crippen MR) is 53.4 cm³/mol. The van der Waals surface area contributed by atoms with E-state index in [1.165, 1.54) is 0 Å². The molecule has 0 unspecified atom stereocenters. The number of aliphatic hydroxyl groups excluding tert-OH is 1. The van der Waals surface area contributed by atoms with Gasteiger partial charge in [-0.3, -0.25) is 0 Å². The molecule has 72 valence electrons. The summed E-state index contributed by atoms with van der Waals surface area (Å²) < 4.78 is 5.81. The fourth-order valence-corrected chi connectivity index (χ4v) is 1.28. The number of halogens is 1. The van der Waals surface area contributed by atoms with Crippen molar-refractivity contribution in [1.82, 2.24) is 4.98 Å². The minimum atomic E-state index is -0.641. The van der Waals surface area contributed by atoms with Crippen LogP contribution in [0.3, 0.4) is 0 Å². The van der Waals surface area contributed by atoms with Gasteiger partial charge in [-0.05, 0) is 35.0 Å². The molecular weight excluding hydrogens is 234 g/mol. The monoisotopic (exact) mass is 245 g/mol. The van der Waals surface area contributed by atoms with Crippen LogP contribution in [0.5, 0.6) is 0 Å². The zero-order valence-corrected chi connectivity index (χ0v) is 8.99. The van der Waals surface area contributed by atoms with E-state index in [0.717, 1.165) is 4.60 Å².